The topological polar surface area (TPSA) is 38.8 Å². The lowest BCUT2D eigenvalue weighted by Crippen LogP contribution is -2.25. The van der Waals surface area contributed by atoms with E-state index in [2.05, 4.69) is 5.92 Å². The summed E-state index contributed by atoms with van der Waals surface area (Å²) in [5.74, 6) is 3.69. The molecule has 0 saturated carbocycles. The Bertz CT molecular complexity index is 655. The van der Waals surface area contributed by atoms with Crippen molar-refractivity contribution in [2.75, 3.05) is 25.7 Å². The van der Waals surface area contributed by atoms with Crippen molar-refractivity contribution >= 4 is 22.9 Å². The molecule has 4 nitrogen and oxygen atoms in total. The lowest BCUT2D eigenvalue weighted by molar-refractivity contribution is 0.0996. The zero-order valence-electron chi connectivity index (χ0n) is 11.8. The fourth-order valence-electron chi connectivity index (χ4n) is 1.71. The van der Waals surface area contributed by atoms with Crippen LogP contribution in [0.15, 0.2) is 35.7 Å². The van der Waals surface area contributed by atoms with Gasteiger partial charge in [-0.05, 0) is 24.3 Å². The Balaban J connectivity index is 2.10. The van der Waals surface area contributed by atoms with Crippen LogP contribution in [0, 0.1) is 12.3 Å². The third kappa shape index (κ3) is 3.56. The third-order valence-corrected chi connectivity index (χ3v) is 3.77. The van der Waals surface area contributed by atoms with E-state index in [0.29, 0.717) is 16.4 Å². The van der Waals surface area contributed by atoms with Gasteiger partial charge in [0.2, 0.25) is 0 Å². The Morgan fingerprint density at radius 3 is 2.62 bits per heavy atom. The molecule has 1 amide bonds. The van der Waals surface area contributed by atoms with Crippen molar-refractivity contribution in [2.45, 2.75) is 0 Å². The molecule has 2 rings (SSSR count). The first-order chi connectivity index (χ1) is 10.2. The fourth-order valence-corrected chi connectivity index (χ4v) is 2.54. The van der Waals surface area contributed by atoms with Crippen molar-refractivity contribution in [3.05, 3.63) is 40.6 Å². The van der Waals surface area contributed by atoms with Gasteiger partial charge < -0.3 is 14.4 Å². The van der Waals surface area contributed by atoms with Crippen LogP contribution >= 0.6 is 11.3 Å². The monoisotopic (exact) mass is 301 g/mol. The average Bonchev–Trinajstić information content (AvgIpc) is 3.01. The molecule has 0 bridgehead atoms. The summed E-state index contributed by atoms with van der Waals surface area (Å²) >= 11 is 1.36. The zero-order valence-corrected chi connectivity index (χ0v) is 12.6. The Morgan fingerprint density at radius 1 is 1.33 bits per heavy atom. The van der Waals surface area contributed by atoms with Gasteiger partial charge in [0.1, 0.15) is 18.1 Å². The number of thiophene rings is 1. The molecule has 1 heterocycles. The molecule has 21 heavy (non-hydrogen) atoms. The molecular formula is C16H15NO3S. The van der Waals surface area contributed by atoms with Gasteiger partial charge in [-0.15, -0.1) is 17.8 Å². The summed E-state index contributed by atoms with van der Waals surface area (Å²) in [5.41, 5.74) is 0.778. The molecule has 0 unspecified atom stereocenters. The van der Waals surface area contributed by atoms with E-state index in [9.17, 15) is 4.79 Å². The number of ether oxygens (including phenoxy) is 2. The first kappa shape index (κ1) is 14.9. The molecule has 0 spiro atoms. The highest BCUT2D eigenvalue weighted by molar-refractivity contribution is 7.12. The van der Waals surface area contributed by atoms with Gasteiger partial charge in [0.15, 0.2) is 0 Å². The number of hydrogen-bond donors (Lipinski definition) is 0. The standard InChI is InChI=1S/C16H15NO3S/c1-4-9-20-13-7-5-12(6-8-13)17(2)16(18)15-10-14(19-3)11-21-15/h1,5-8,10-11H,9H2,2-3H3. The minimum absolute atomic E-state index is 0.0828. The van der Waals surface area contributed by atoms with E-state index in [1.54, 1.807) is 42.6 Å². The number of methoxy groups -OCH3 is 1. The van der Waals surface area contributed by atoms with Gasteiger partial charge in [0.05, 0.1) is 12.0 Å². The summed E-state index contributed by atoms with van der Waals surface area (Å²) in [4.78, 5) is 14.6. The molecule has 2 aromatic rings. The van der Waals surface area contributed by atoms with Crippen molar-refractivity contribution in [3.8, 4) is 23.8 Å². The summed E-state index contributed by atoms with van der Waals surface area (Å²) < 4.78 is 10.4. The molecule has 0 atom stereocenters. The maximum atomic E-state index is 12.4. The molecule has 0 N–H and O–H groups in total. The van der Waals surface area contributed by atoms with Crippen molar-refractivity contribution in [1.82, 2.24) is 0 Å². The van der Waals surface area contributed by atoms with Crippen LogP contribution in [-0.2, 0) is 0 Å². The van der Waals surface area contributed by atoms with Gasteiger partial charge in [0.25, 0.3) is 5.91 Å². The largest absolute Gasteiger partial charge is 0.496 e. The van der Waals surface area contributed by atoms with Crippen molar-refractivity contribution in [3.63, 3.8) is 0 Å². The van der Waals surface area contributed by atoms with Gasteiger partial charge in [-0.2, -0.15) is 0 Å². The smallest absolute Gasteiger partial charge is 0.268 e. The first-order valence-corrected chi connectivity index (χ1v) is 7.10. The fraction of sp³-hybridized carbons (Fsp3) is 0.188. The second kappa shape index (κ2) is 6.82. The summed E-state index contributed by atoms with van der Waals surface area (Å²) in [6, 6.07) is 8.92. The quantitative estimate of drug-likeness (QED) is 0.797. The molecule has 0 saturated heterocycles. The maximum Gasteiger partial charge on any atom is 0.268 e. The second-order valence-corrected chi connectivity index (χ2v) is 5.11. The van der Waals surface area contributed by atoms with Crippen LogP contribution in [0.5, 0.6) is 11.5 Å². The molecule has 1 aromatic heterocycles. The van der Waals surface area contributed by atoms with E-state index in [4.69, 9.17) is 15.9 Å². The molecule has 5 heteroatoms. The number of benzene rings is 1. The van der Waals surface area contributed by atoms with E-state index in [1.165, 1.54) is 11.3 Å². The van der Waals surface area contributed by atoms with Crippen LogP contribution in [0.25, 0.3) is 0 Å². The van der Waals surface area contributed by atoms with Crippen LogP contribution in [0.4, 0.5) is 5.69 Å². The highest BCUT2D eigenvalue weighted by Gasteiger charge is 2.16. The maximum absolute atomic E-state index is 12.4. The van der Waals surface area contributed by atoms with E-state index in [-0.39, 0.29) is 12.5 Å². The highest BCUT2D eigenvalue weighted by Crippen LogP contribution is 2.25. The Hall–Kier alpha value is -2.45. The molecule has 108 valence electrons. The zero-order chi connectivity index (χ0) is 15.2. The lowest BCUT2D eigenvalue weighted by Gasteiger charge is -2.16. The highest BCUT2D eigenvalue weighted by atomic mass is 32.1. The number of nitrogens with zero attached hydrogens (tertiary/aromatic N) is 1. The number of hydrogen-bond acceptors (Lipinski definition) is 4. The normalized spacial score (nSPS) is 9.76. The number of terminal acetylenes is 1. The van der Waals surface area contributed by atoms with Crippen LogP contribution in [0.2, 0.25) is 0 Å². The molecule has 0 aliphatic rings. The Kier molecular flexibility index (Phi) is 4.85. The van der Waals surface area contributed by atoms with E-state index in [0.717, 1.165) is 5.69 Å². The molecule has 0 aliphatic heterocycles. The number of amides is 1. The lowest BCUT2D eigenvalue weighted by atomic mass is 10.2. The van der Waals surface area contributed by atoms with Crippen LogP contribution in [-0.4, -0.2) is 26.7 Å². The van der Waals surface area contributed by atoms with Gasteiger partial charge in [-0.25, -0.2) is 0 Å². The SMILES string of the molecule is C#CCOc1ccc(N(C)C(=O)c2cc(OC)cs2)cc1. The molecular weight excluding hydrogens is 286 g/mol. The summed E-state index contributed by atoms with van der Waals surface area (Å²) in [5, 5.41) is 1.80. The van der Waals surface area contributed by atoms with E-state index in [1.807, 2.05) is 12.1 Å². The second-order valence-electron chi connectivity index (χ2n) is 4.20. The average molecular weight is 301 g/mol. The van der Waals surface area contributed by atoms with Crippen LogP contribution in [0.3, 0.4) is 0 Å². The minimum atomic E-state index is -0.0828. The van der Waals surface area contributed by atoms with Gasteiger partial charge in [-0.3, -0.25) is 4.79 Å². The van der Waals surface area contributed by atoms with Gasteiger partial charge in [0, 0.05) is 24.2 Å². The van der Waals surface area contributed by atoms with Crippen molar-refractivity contribution < 1.29 is 14.3 Å². The Labute approximate surface area is 127 Å². The van der Waals surface area contributed by atoms with Crippen molar-refractivity contribution in [2.24, 2.45) is 0 Å². The van der Waals surface area contributed by atoms with Crippen LogP contribution in [0.1, 0.15) is 9.67 Å². The number of carbonyl (C=O) groups is 1. The van der Waals surface area contributed by atoms with E-state index >= 15 is 0 Å². The Morgan fingerprint density at radius 2 is 2.05 bits per heavy atom. The molecule has 0 fully saturated rings. The molecule has 1 aromatic carbocycles. The summed E-state index contributed by atoms with van der Waals surface area (Å²) in [6.45, 7) is 0.225. The first-order valence-electron chi connectivity index (χ1n) is 6.22. The predicted molar refractivity (Wildman–Crippen MR) is 84.4 cm³/mol. The summed E-state index contributed by atoms with van der Waals surface area (Å²) in [7, 11) is 3.31. The van der Waals surface area contributed by atoms with Gasteiger partial charge in [-0.1, -0.05) is 5.92 Å². The molecule has 0 aliphatic carbocycles. The number of carbonyl (C=O) groups excluding carboxylic acids is 1. The number of anilines is 1. The summed E-state index contributed by atoms with van der Waals surface area (Å²) in [6.07, 6.45) is 5.14. The molecule has 0 radical (unpaired) electrons. The van der Waals surface area contributed by atoms with Crippen LogP contribution < -0.4 is 14.4 Å². The minimum Gasteiger partial charge on any atom is -0.496 e. The third-order valence-electron chi connectivity index (χ3n) is 2.87. The number of rotatable bonds is 5. The van der Waals surface area contributed by atoms with E-state index < -0.39 is 0 Å². The predicted octanol–water partition coefficient (Wildman–Crippen LogP) is 3.05. The van der Waals surface area contributed by atoms with Crippen molar-refractivity contribution in [1.29, 1.82) is 0 Å². The van der Waals surface area contributed by atoms with Gasteiger partial charge >= 0.3 is 0 Å².